The van der Waals surface area contributed by atoms with E-state index in [0.717, 1.165) is 26.3 Å². The highest BCUT2D eigenvalue weighted by Crippen LogP contribution is 2.28. The van der Waals surface area contributed by atoms with Crippen molar-refractivity contribution in [2.24, 2.45) is 0 Å². The summed E-state index contributed by atoms with van der Waals surface area (Å²) in [6, 6.07) is 7.72. The summed E-state index contributed by atoms with van der Waals surface area (Å²) >= 11 is 7.44. The molecule has 0 aliphatic carbocycles. The van der Waals surface area contributed by atoms with Crippen LogP contribution in [0.1, 0.15) is 11.4 Å². The van der Waals surface area contributed by atoms with Crippen molar-refractivity contribution in [1.82, 2.24) is 9.97 Å². The Bertz CT molecular complexity index is 497. The highest BCUT2D eigenvalue weighted by atomic mass is 35.5. The molecule has 0 spiro atoms. The first-order valence-electron chi connectivity index (χ1n) is 4.89. The third kappa shape index (κ3) is 2.74. The normalized spacial score (nSPS) is 10.4. The average molecular weight is 251 g/mol. The zero-order valence-electron chi connectivity index (χ0n) is 9.07. The number of hydrogen-bond donors (Lipinski definition) is 0. The Morgan fingerprint density at radius 1 is 1.12 bits per heavy atom. The summed E-state index contributed by atoms with van der Waals surface area (Å²) in [6.45, 7) is 3.91. The van der Waals surface area contributed by atoms with Crippen LogP contribution in [0.5, 0.6) is 0 Å². The number of hydrogen-bond acceptors (Lipinski definition) is 3. The van der Waals surface area contributed by atoms with E-state index in [9.17, 15) is 0 Å². The van der Waals surface area contributed by atoms with Crippen molar-refractivity contribution in [3.05, 3.63) is 46.9 Å². The monoisotopic (exact) mass is 250 g/mol. The van der Waals surface area contributed by atoms with Crippen molar-refractivity contribution in [1.29, 1.82) is 0 Å². The summed E-state index contributed by atoms with van der Waals surface area (Å²) in [4.78, 5) is 9.86. The second kappa shape index (κ2) is 4.85. The smallest absolute Gasteiger partial charge is 0.122 e. The van der Waals surface area contributed by atoms with Crippen molar-refractivity contribution in [3.8, 4) is 0 Å². The number of aryl methyl sites for hydroxylation is 2. The van der Waals surface area contributed by atoms with Gasteiger partial charge >= 0.3 is 0 Å². The second-order valence-electron chi connectivity index (χ2n) is 3.46. The maximum absolute atomic E-state index is 5.83. The van der Waals surface area contributed by atoms with Crippen LogP contribution in [0.2, 0.25) is 5.02 Å². The van der Waals surface area contributed by atoms with Crippen LogP contribution in [0.4, 0.5) is 0 Å². The predicted molar refractivity (Wildman–Crippen MR) is 67.1 cm³/mol. The van der Waals surface area contributed by atoms with Gasteiger partial charge in [-0.2, -0.15) is 0 Å². The highest BCUT2D eigenvalue weighted by molar-refractivity contribution is 7.99. The van der Waals surface area contributed by atoms with Crippen LogP contribution in [0, 0.1) is 13.8 Å². The maximum atomic E-state index is 5.83. The summed E-state index contributed by atoms with van der Waals surface area (Å²) in [6.07, 6.45) is 1.78. The lowest BCUT2D eigenvalue weighted by Crippen LogP contribution is -1.92. The molecule has 2 rings (SSSR count). The predicted octanol–water partition coefficient (Wildman–Crippen LogP) is 3.90. The molecule has 0 fully saturated rings. The van der Waals surface area contributed by atoms with Gasteiger partial charge in [0, 0.05) is 16.1 Å². The molecule has 0 amide bonds. The van der Waals surface area contributed by atoms with E-state index < -0.39 is 0 Å². The number of aromatic nitrogens is 2. The fourth-order valence-corrected chi connectivity index (χ4v) is 2.24. The van der Waals surface area contributed by atoms with Gasteiger partial charge < -0.3 is 0 Å². The number of benzene rings is 1. The molecule has 16 heavy (non-hydrogen) atoms. The lowest BCUT2D eigenvalue weighted by atomic mass is 10.4. The van der Waals surface area contributed by atoms with Crippen molar-refractivity contribution in [2.75, 3.05) is 0 Å². The van der Waals surface area contributed by atoms with E-state index in [1.807, 2.05) is 38.1 Å². The third-order valence-corrected chi connectivity index (χ3v) is 3.40. The molecule has 0 atom stereocenters. The van der Waals surface area contributed by atoms with E-state index in [4.69, 9.17) is 11.6 Å². The molecular weight excluding hydrogens is 240 g/mol. The third-order valence-electron chi connectivity index (χ3n) is 2.06. The van der Waals surface area contributed by atoms with Crippen LogP contribution in [0.15, 0.2) is 40.4 Å². The quantitative estimate of drug-likeness (QED) is 0.809. The molecule has 1 aromatic carbocycles. The first-order chi connectivity index (χ1) is 7.65. The zero-order valence-corrected chi connectivity index (χ0v) is 10.6. The number of nitrogens with zero attached hydrogens (tertiary/aromatic N) is 2. The highest BCUT2D eigenvalue weighted by Gasteiger charge is 2.04. The molecule has 82 valence electrons. The number of halogens is 1. The van der Waals surface area contributed by atoms with Crippen LogP contribution in [0.3, 0.4) is 0 Å². The molecule has 0 saturated carbocycles. The van der Waals surface area contributed by atoms with Crippen LogP contribution in [-0.2, 0) is 0 Å². The molecule has 1 heterocycles. The Hall–Kier alpha value is -1.06. The van der Waals surface area contributed by atoms with Gasteiger partial charge in [0.05, 0.1) is 11.4 Å². The largest absolute Gasteiger partial charge is 0.257 e. The van der Waals surface area contributed by atoms with Gasteiger partial charge in [-0.05, 0) is 38.1 Å². The molecule has 0 N–H and O–H groups in total. The first kappa shape index (κ1) is 11.4. The standard InChI is InChI=1S/C12H11ClN2S/c1-8-7-14-9(2)12(15-8)16-11-5-3-10(13)4-6-11/h3-7H,1-2H3. The van der Waals surface area contributed by atoms with Gasteiger partial charge in [0.25, 0.3) is 0 Å². The molecule has 0 aliphatic rings. The minimum absolute atomic E-state index is 0.747. The van der Waals surface area contributed by atoms with Gasteiger partial charge in [0.15, 0.2) is 0 Å². The van der Waals surface area contributed by atoms with Gasteiger partial charge in [0.1, 0.15) is 5.03 Å². The summed E-state index contributed by atoms with van der Waals surface area (Å²) in [5.74, 6) is 0. The SMILES string of the molecule is Cc1cnc(C)c(Sc2ccc(Cl)cc2)n1. The Labute approximate surface area is 104 Å². The molecule has 1 aromatic heterocycles. The Balaban J connectivity index is 2.26. The summed E-state index contributed by atoms with van der Waals surface area (Å²) in [5.41, 5.74) is 1.88. The topological polar surface area (TPSA) is 25.8 Å². The van der Waals surface area contributed by atoms with Gasteiger partial charge in [0.2, 0.25) is 0 Å². The second-order valence-corrected chi connectivity index (χ2v) is 4.96. The molecule has 0 aliphatic heterocycles. The maximum Gasteiger partial charge on any atom is 0.122 e. The summed E-state index contributed by atoms with van der Waals surface area (Å²) in [7, 11) is 0. The van der Waals surface area contributed by atoms with E-state index in [0.29, 0.717) is 0 Å². The molecule has 0 saturated heterocycles. The van der Waals surface area contributed by atoms with Crippen molar-refractivity contribution >= 4 is 23.4 Å². The molecule has 2 nitrogen and oxygen atoms in total. The Kier molecular flexibility index (Phi) is 3.46. The fourth-order valence-electron chi connectivity index (χ4n) is 1.23. The molecule has 0 radical (unpaired) electrons. The van der Waals surface area contributed by atoms with Gasteiger partial charge in [-0.25, -0.2) is 4.98 Å². The Morgan fingerprint density at radius 2 is 1.81 bits per heavy atom. The van der Waals surface area contributed by atoms with Crippen LogP contribution in [-0.4, -0.2) is 9.97 Å². The van der Waals surface area contributed by atoms with Crippen molar-refractivity contribution in [2.45, 2.75) is 23.8 Å². The molecule has 0 unspecified atom stereocenters. The average Bonchev–Trinajstić information content (AvgIpc) is 2.27. The fraction of sp³-hybridized carbons (Fsp3) is 0.167. The van der Waals surface area contributed by atoms with E-state index in [1.54, 1.807) is 18.0 Å². The van der Waals surface area contributed by atoms with Crippen LogP contribution < -0.4 is 0 Å². The molecule has 4 heteroatoms. The summed E-state index contributed by atoms with van der Waals surface area (Å²) in [5, 5.41) is 1.69. The molecular formula is C12H11ClN2S. The Morgan fingerprint density at radius 3 is 2.50 bits per heavy atom. The van der Waals surface area contributed by atoms with E-state index in [-0.39, 0.29) is 0 Å². The number of rotatable bonds is 2. The molecule has 2 aromatic rings. The van der Waals surface area contributed by atoms with Gasteiger partial charge in [-0.3, -0.25) is 4.98 Å². The van der Waals surface area contributed by atoms with E-state index in [2.05, 4.69) is 9.97 Å². The van der Waals surface area contributed by atoms with E-state index in [1.165, 1.54) is 0 Å². The van der Waals surface area contributed by atoms with Gasteiger partial charge in [-0.1, -0.05) is 23.4 Å². The lowest BCUT2D eigenvalue weighted by Gasteiger charge is -2.04. The zero-order chi connectivity index (χ0) is 11.5. The van der Waals surface area contributed by atoms with E-state index >= 15 is 0 Å². The van der Waals surface area contributed by atoms with Crippen LogP contribution >= 0.6 is 23.4 Å². The molecule has 0 bridgehead atoms. The lowest BCUT2D eigenvalue weighted by molar-refractivity contribution is 0.946. The van der Waals surface area contributed by atoms with Crippen molar-refractivity contribution in [3.63, 3.8) is 0 Å². The van der Waals surface area contributed by atoms with Crippen LogP contribution in [0.25, 0.3) is 0 Å². The summed E-state index contributed by atoms with van der Waals surface area (Å²) < 4.78 is 0. The van der Waals surface area contributed by atoms with Crippen molar-refractivity contribution < 1.29 is 0 Å². The van der Waals surface area contributed by atoms with Gasteiger partial charge in [-0.15, -0.1) is 0 Å². The minimum Gasteiger partial charge on any atom is -0.257 e. The minimum atomic E-state index is 0.747. The first-order valence-corrected chi connectivity index (χ1v) is 6.08.